The van der Waals surface area contributed by atoms with E-state index in [1.807, 2.05) is 30.1 Å². The maximum absolute atomic E-state index is 4.98. The Balaban J connectivity index is 1.67. The van der Waals surface area contributed by atoms with Gasteiger partial charge in [0.25, 0.3) is 0 Å². The molecule has 15 heavy (non-hydrogen) atoms. The van der Waals surface area contributed by atoms with Crippen molar-refractivity contribution >= 4 is 0 Å². The normalized spacial score (nSPS) is 10.7. The Morgan fingerprint density at radius 1 is 1.47 bits per heavy atom. The largest absolute Gasteiger partial charge is 0.472 e. The number of hydrogen-bond donors (Lipinski definition) is 1. The third-order valence-corrected chi connectivity index (χ3v) is 2.24. The van der Waals surface area contributed by atoms with Crippen LogP contribution < -0.4 is 5.32 Å². The average Bonchev–Trinajstić information content (AvgIpc) is 2.84. The molecule has 4 nitrogen and oxygen atoms in total. The monoisotopic (exact) mass is 205 g/mol. The van der Waals surface area contributed by atoms with Gasteiger partial charge in [-0.3, -0.25) is 4.68 Å². The summed E-state index contributed by atoms with van der Waals surface area (Å²) in [6, 6.07) is 4.01. The zero-order valence-corrected chi connectivity index (χ0v) is 8.81. The summed E-state index contributed by atoms with van der Waals surface area (Å²) in [7, 11) is 1.93. The van der Waals surface area contributed by atoms with Crippen molar-refractivity contribution in [3.05, 3.63) is 42.1 Å². The third kappa shape index (κ3) is 2.95. The number of aryl methyl sites for hydroxylation is 1. The molecule has 2 aromatic rings. The predicted octanol–water partition coefficient (Wildman–Crippen LogP) is 1.35. The molecular formula is C11H15N3O. The fourth-order valence-corrected chi connectivity index (χ4v) is 1.44. The van der Waals surface area contributed by atoms with E-state index in [2.05, 4.69) is 10.4 Å². The van der Waals surface area contributed by atoms with E-state index in [4.69, 9.17) is 4.42 Å². The van der Waals surface area contributed by atoms with Crippen LogP contribution in [0.5, 0.6) is 0 Å². The summed E-state index contributed by atoms with van der Waals surface area (Å²) in [5.74, 6) is 0. The molecule has 2 rings (SSSR count). The first-order valence-electron chi connectivity index (χ1n) is 5.05. The van der Waals surface area contributed by atoms with Crippen molar-refractivity contribution in [3.63, 3.8) is 0 Å². The van der Waals surface area contributed by atoms with Crippen LogP contribution in [-0.2, 0) is 20.0 Å². The van der Waals surface area contributed by atoms with Gasteiger partial charge in [-0.25, -0.2) is 0 Å². The lowest BCUT2D eigenvalue weighted by Gasteiger charge is -2.00. The van der Waals surface area contributed by atoms with Gasteiger partial charge in [-0.1, -0.05) is 0 Å². The molecule has 0 radical (unpaired) electrons. The van der Waals surface area contributed by atoms with Crippen molar-refractivity contribution in [1.29, 1.82) is 0 Å². The van der Waals surface area contributed by atoms with Crippen molar-refractivity contribution in [2.45, 2.75) is 13.0 Å². The van der Waals surface area contributed by atoms with Gasteiger partial charge in [-0.05, 0) is 12.1 Å². The Kier molecular flexibility index (Phi) is 3.19. The number of nitrogens with zero attached hydrogens (tertiary/aromatic N) is 2. The molecule has 2 heterocycles. The van der Waals surface area contributed by atoms with Gasteiger partial charge in [-0.15, -0.1) is 0 Å². The lowest BCUT2D eigenvalue weighted by Crippen LogP contribution is -2.16. The first-order valence-corrected chi connectivity index (χ1v) is 5.05. The van der Waals surface area contributed by atoms with E-state index in [-0.39, 0.29) is 0 Å². The molecule has 0 spiro atoms. The van der Waals surface area contributed by atoms with Crippen LogP contribution in [0.1, 0.15) is 11.3 Å². The molecule has 0 saturated carbocycles. The van der Waals surface area contributed by atoms with Gasteiger partial charge in [-0.2, -0.15) is 5.10 Å². The van der Waals surface area contributed by atoms with E-state index in [1.54, 1.807) is 12.5 Å². The lowest BCUT2D eigenvalue weighted by molar-refractivity contribution is 0.560. The molecule has 0 aliphatic carbocycles. The number of nitrogens with one attached hydrogen (secondary N) is 1. The predicted molar refractivity (Wildman–Crippen MR) is 57.3 cm³/mol. The summed E-state index contributed by atoms with van der Waals surface area (Å²) < 4.78 is 6.80. The Hall–Kier alpha value is -1.55. The van der Waals surface area contributed by atoms with Crippen molar-refractivity contribution in [2.24, 2.45) is 7.05 Å². The van der Waals surface area contributed by atoms with Crippen LogP contribution >= 0.6 is 0 Å². The molecule has 1 N–H and O–H groups in total. The fraction of sp³-hybridized carbons (Fsp3) is 0.364. The molecule has 2 aromatic heterocycles. The number of hydrogen-bond acceptors (Lipinski definition) is 3. The highest BCUT2D eigenvalue weighted by atomic mass is 16.3. The van der Waals surface area contributed by atoms with E-state index in [9.17, 15) is 0 Å². The number of furan rings is 1. The summed E-state index contributed by atoms with van der Waals surface area (Å²) in [5, 5.41) is 7.64. The maximum atomic E-state index is 4.98. The van der Waals surface area contributed by atoms with Crippen LogP contribution in [0.4, 0.5) is 0 Å². The highest BCUT2D eigenvalue weighted by molar-refractivity contribution is 5.04. The Morgan fingerprint density at radius 3 is 3.07 bits per heavy atom. The summed E-state index contributed by atoms with van der Waals surface area (Å²) in [5.41, 5.74) is 2.30. The SMILES string of the molecule is Cn1ccc(CCNCc2ccoc2)n1. The Morgan fingerprint density at radius 2 is 2.40 bits per heavy atom. The molecule has 0 unspecified atom stereocenters. The minimum atomic E-state index is 0.851. The van der Waals surface area contributed by atoms with Gasteiger partial charge in [0.2, 0.25) is 0 Å². The minimum Gasteiger partial charge on any atom is -0.472 e. The molecule has 0 aromatic carbocycles. The summed E-state index contributed by atoms with van der Waals surface area (Å²) in [6.07, 6.45) is 6.37. The molecule has 0 atom stereocenters. The summed E-state index contributed by atoms with van der Waals surface area (Å²) in [6.45, 7) is 1.78. The number of aromatic nitrogens is 2. The smallest absolute Gasteiger partial charge is 0.0947 e. The molecule has 0 amide bonds. The zero-order valence-electron chi connectivity index (χ0n) is 8.81. The first kappa shape index (κ1) is 9.98. The first-order chi connectivity index (χ1) is 7.34. The molecule has 0 aliphatic rings. The van der Waals surface area contributed by atoms with Crippen molar-refractivity contribution in [1.82, 2.24) is 15.1 Å². The second-order valence-electron chi connectivity index (χ2n) is 3.54. The van der Waals surface area contributed by atoms with Crippen LogP contribution in [-0.4, -0.2) is 16.3 Å². The third-order valence-electron chi connectivity index (χ3n) is 2.24. The van der Waals surface area contributed by atoms with Crippen molar-refractivity contribution in [3.8, 4) is 0 Å². The van der Waals surface area contributed by atoms with E-state index in [1.165, 1.54) is 5.56 Å². The van der Waals surface area contributed by atoms with E-state index >= 15 is 0 Å². The van der Waals surface area contributed by atoms with Gasteiger partial charge in [0.1, 0.15) is 0 Å². The van der Waals surface area contributed by atoms with Crippen LogP contribution in [0.25, 0.3) is 0 Å². The topological polar surface area (TPSA) is 43.0 Å². The van der Waals surface area contributed by atoms with Crippen LogP contribution in [0.2, 0.25) is 0 Å². The highest BCUT2D eigenvalue weighted by Gasteiger charge is 1.97. The van der Waals surface area contributed by atoms with Gasteiger partial charge in [0.15, 0.2) is 0 Å². The maximum Gasteiger partial charge on any atom is 0.0947 e. The quantitative estimate of drug-likeness (QED) is 0.749. The van der Waals surface area contributed by atoms with Crippen LogP contribution in [0, 0.1) is 0 Å². The molecule has 0 saturated heterocycles. The highest BCUT2D eigenvalue weighted by Crippen LogP contribution is 1.99. The Bertz CT molecular complexity index is 392. The average molecular weight is 205 g/mol. The second-order valence-corrected chi connectivity index (χ2v) is 3.54. The van der Waals surface area contributed by atoms with Gasteiger partial charge in [0.05, 0.1) is 18.2 Å². The molecule has 0 aliphatic heterocycles. The van der Waals surface area contributed by atoms with Gasteiger partial charge in [0, 0.05) is 38.3 Å². The van der Waals surface area contributed by atoms with Gasteiger partial charge < -0.3 is 9.73 Å². The molecular weight excluding hydrogens is 190 g/mol. The molecule has 80 valence electrons. The van der Waals surface area contributed by atoms with Crippen LogP contribution in [0.15, 0.2) is 35.3 Å². The minimum absolute atomic E-state index is 0.851. The second kappa shape index (κ2) is 4.79. The van der Waals surface area contributed by atoms with Gasteiger partial charge >= 0.3 is 0 Å². The molecule has 0 fully saturated rings. The lowest BCUT2D eigenvalue weighted by atomic mass is 10.3. The Labute approximate surface area is 88.9 Å². The van der Waals surface area contributed by atoms with Crippen LogP contribution in [0.3, 0.4) is 0 Å². The van der Waals surface area contributed by atoms with Crippen molar-refractivity contribution < 1.29 is 4.42 Å². The summed E-state index contributed by atoms with van der Waals surface area (Å²) >= 11 is 0. The fourth-order valence-electron chi connectivity index (χ4n) is 1.44. The molecule has 4 heteroatoms. The standard InChI is InChI=1S/C11H15N3O/c1-14-6-3-11(13-14)2-5-12-8-10-4-7-15-9-10/h3-4,6-7,9,12H,2,5,8H2,1H3. The zero-order chi connectivity index (χ0) is 10.5. The van der Waals surface area contributed by atoms with E-state index in [0.717, 1.165) is 25.2 Å². The number of rotatable bonds is 5. The van der Waals surface area contributed by atoms with Crippen molar-refractivity contribution in [2.75, 3.05) is 6.54 Å². The molecule has 0 bridgehead atoms. The van der Waals surface area contributed by atoms with E-state index in [0.29, 0.717) is 0 Å². The summed E-state index contributed by atoms with van der Waals surface area (Å²) in [4.78, 5) is 0. The van der Waals surface area contributed by atoms with E-state index < -0.39 is 0 Å².